The molecule has 3 nitrogen and oxygen atoms in total. The van der Waals surface area contributed by atoms with Crippen LogP contribution in [0.2, 0.25) is 0 Å². The van der Waals surface area contributed by atoms with Gasteiger partial charge in [-0.3, -0.25) is 4.57 Å². The Morgan fingerprint density at radius 1 is 1.25 bits per heavy atom. The topological polar surface area (TPSA) is 35.5 Å². The third-order valence-electron chi connectivity index (χ3n) is 1.34. The van der Waals surface area contributed by atoms with Crippen molar-refractivity contribution in [3.05, 3.63) is 6.92 Å². The van der Waals surface area contributed by atoms with Crippen LogP contribution in [0.4, 0.5) is 0 Å². The van der Waals surface area contributed by atoms with Gasteiger partial charge in [-0.25, -0.2) is 0 Å². The summed E-state index contributed by atoms with van der Waals surface area (Å²) in [7, 11) is -3.01. The Balaban J connectivity index is 4.51. The highest BCUT2D eigenvalue weighted by Gasteiger charge is 2.38. The predicted octanol–water partition coefficient (Wildman–Crippen LogP) is 2.87. The molecule has 0 spiro atoms. The van der Waals surface area contributed by atoms with E-state index in [1.165, 1.54) is 0 Å². The third kappa shape index (κ3) is 2.89. The Kier molecular flexibility index (Phi) is 4.46. The van der Waals surface area contributed by atoms with Gasteiger partial charge in [-0.2, -0.15) is 0 Å². The molecule has 0 aliphatic rings. The molecule has 0 fully saturated rings. The zero-order valence-corrected chi connectivity index (χ0v) is 9.19. The summed E-state index contributed by atoms with van der Waals surface area (Å²) in [5.74, 6) is 0. The molecule has 0 amide bonds. The molecule has 0 saturated heterocycles. The van der Waals surface area contributed by atoms with Crippen LogP contribution in [0.3, 0.4) is 0 Å². The Labute approximate surface area is 75.0 Å². The summed E-state index contributed by atoms with van der Waals surface area (Å²) in [6.07, 6.45) is 0. The lowest BCUT2D eigenvalue weighted by atomic mass is 10.3. The highest BCUT2D eigenvalue weighted by molar-refractivity contribution is 7.55. The maximum Gasteiger partial charge on any atom is 0.336 e. The van der Waals surface area contributed by atoms with Crippen molar-refractivity contribution in [3.8, 4) is 0 Å². The van der Waals surface area contributed by atoms with Crippen molar-refractivity contribution < 1.29 is 13.6 Å². The summed E-state index contributed by atoms with van der Waals surface area (Å²) in [6, 6.07) is 0. The first-order valence-electron chi connectivity index (χ1n) is 4.12. The SMILES string of the molecule is [CH2]C(C)(C)P(=O)(OCC)OCC. The van der Waals surface area contributed by atoms with Gasteiger partial charge in [0.15, 0.2) is 0 Å². The first kappa shape index (κ1) is 12.2. The van der Waals surface area contributed by atoms with Crippen molar-refractivity contribution in [1.29, 1.82) is 0 Å². The Bertz CT molecular complexity index is 162. The first-order valence-corrected chi connectivity index (χ1v) is 5.66. The van der Waals surface area contributed by atoms with E-state index in [4.69, 9.17) is 9.05 Å². The fourth-order valence-electron chi connectivity index (χ4n) is 0.727. The Morgan fingerprint density at radius 2 is 1.58 bits per heavy atom. The smallest absolute Gasteiger partial charge is 0.308 e. The molecule has 0 unspecified atom stereocenters. The lowest BCUT2D eigenvalue weighted by molar-refractivity contribution is 0.207. The fourth-order valence-corrected chi connectivity index (χ4v) is 2.18. The molecule has 0 saturated carbocycles. The predicted molar refractivity (Wildman–Crippen MR) is 50.3 cm³/mol. The van der Waals surface area contributed by atoms with Gasteiger partial charge in [-0.1, -0.05) is 0 Å². The standard InChI is InChI=1S/C8H18O3P/c1-6-10-12(9,11-7-2)8(3,4)5/h3,6-7H2,1-2,4-5H3. The molecule has 0 N–H and O–H groups in total. The zero-order valence-electron chi connectivity index (χ0n) is 8.29. The van der Waals surface area contributed by atoms with E-state index in [9.17, 15) is 4.57 Å². The van der Waals surface area contributed by atoms with Crippen LogP contribution >= 0.6 is 7.60 Å². The summed E-state index contributed by atoms with van der Waals surface area (Å²) in [5.41, 5.74) is 0. The van der Waals surface area contributed by atoms with Gasteiger partial charge in [0.05, 0.1) is 18.4 Å². The van der Waals surface area contributed by atoms with Gasteiger partial charge < -0.3 is 9.05 Å². The van der Waals surface area contributed by atoms with Crippen LogP contribution in [0, 0.1) is 6.92 Å². The Hall–Kier alpha value is 0.150. The highest BCUT2D eigenvalue weighted by Crippen LogP contribution is 2.59. The summed E-state index contributed by atoms with van der Waals surface area (Å²) in [4.78, 5) is 0. The molecule has 0 aliphatic carbocycles. The molecule has 0 aromatic heterocycles. The van der Waals surface area contributed by atoms with Crippen molar-refractivity contribution in [2.75, 3.05) is 13.2 Å². The van der Waals surface area contributed by atoms with Crippen molar-refractivity contribution in [2.24, 2.45) is 0 Å². The summed E-state index contributed by atoms with van der Waals surface area (Å²) in [6.45, 7) is 11.6. The van der Waals surface area contributed by atoms with Gasteiger partial charge in [-0.05, 0) is 34.6 Å². The van der Waals surface area contributed by atoms with Crippen molar-refractivity contribution in [3.63, 3.8) is 0 Å². The van der Waals surface area contributed by atoms with Crippen LogP contribution in [-0.2, 0) is 13.6 Å². The minimum atomic E-state index is -3.01. The second-order valence-corrected chi connectivity index (χ2v) is 5.87. The van der Waals surface area contributed by atoms with Crippen molar-refractivity contribution in [1.82, 2.24) is 0 Å². The van der Waals surface area contributed by atoms with E-state index in [1.54, 1.807) is 27.7 Å². The quantitative estimate of drug-likeness (QED) is 0.630. The second kappa shape index (κ2) is 4.40. The summed E-state index contributed by atoms with van der Waals surface area (Å²) >= 11 is 0. The van der Waals surface area contributed by atoms with E-state index in [1.807, 2.05) is 0 Å². The lowest BCUT2D eigenvalue weighted by Crippen LogP contribution is -2.19. The van der Waals surface area contributed by atoms with E-state index < -0.39 is 12.8 Å². The van der Waals surface area contributed by atoms with Gasteiger partial charge >= 0.3 is 7.60 Å². The largest absolute Gasteiger partial charge is 0.336 e. The first-order chi connectivity index (χ1) is 5.37. The van der Waals surface area contributed by atoms with E-state index >= 15 is 0 Å². The second-order valence-electron chi connectivity index (χ2n) is 3.15. The van der Waals surface area contributed by atoms with Gasteiger partial charge in [0.1, 0.15) is 0 Å². The molecular formula is C8H18O3P. The third-order valence-corrected chi connectivity index (χ3v) is 4.02. The van der Waals surface area contributed by atoms with Gasteiger partial charge in [-0.15, -0.1) is 0 Å². The molecule has 0 heterocycles. The van der Waals surface area contributed by atoms with Gasteiger partial charge in [0.2, 0.25) is 0 Å². The molecule has 0 aliphatic heterocycles. The normalized spacial score (nSPS) is 13.4. The van der Waals surface area contributed by atoms with Crippen LogP contribution < -0.4 is 0 Å². The maximum atomic E-state index is 11.9. The fraction of sp³-hybridized carbons (Fsp3) is 0.875. The number of hydrogen-bond acceptors (Lipinski definition) is 3. The van der Waals surface area contributed by atoms with Crippen LogP contribution in [0.25, 0.3) is 0 Å². The van der Waals surface area contributed by atoms with Crippen LogP contribution in [0.5, 0.6) is 0 Å². The monoisotopic (exact) mass is 193 g/mol. The molecular weight excluding hydrogens is 175 g/mol. The molecule has 73 valence electrons. The van der Waals surface area contributed by atoms with Crippen LogP contribution in [-0.4, -0.2) is 18.4 Å². The molecule has 1 radical (unpaired) electrons. The molecule has 0 aromatic rings. The van der Waals surface area contributed by atoms with E-state index in [2.05, 4.69) is 6.92 Å². The Morgan fingerprint density at radius 3 is 1.75 bits per heavy atom. The van der Waals surface area contributed by atoms with E-state index in [0.29, 0.717) is 13.2 Å². The average molecular weight is 193 g/mol. The lowest BCUT2D eigenvalue weighted by Gasteiger charge is -2.28. The van der Waals surface area contributed by atoms with Gasteiger partial charge in [0.25, 0.3) is 0 Å². The van der Waals surface area contributed by atoms with Crippen LogP contribution in [0.15, 0.2) is 0 Å². The van der Waals surface area contributed by atoms with E-state index in [-0.39, 0.29) is 0 Å². The molecule has 0 rings (SSSR count). The summed E-state index contributed by atoms with van der Waals surface area (Å²) < 4.78 is 22.1. The minimum Gasteiger partial charge on any atom is -0.308 e. The maximum absolute atomic E-state index is 11.9. The van der Waals surface area contributed by atoms with Crippen molar-refractivity contribution >= 4 is 7.60 Å². The van der Waals surface area contributed by atoms with Crippen molar-refractivity contribution in [2.45, 2.75) is 32.9 Å². The summed E-state index contributed by atoms with van der Waals surface area (Å²) in [5, 5.41) is -0.682. The molecule has 0 bridgehead atoms. The van der Waals surface area contributed by atoms with E-state index in [0.717, 1.165) is 0 Å². The zero-order chi connectivity index (χ0) is 9.83. The van der Waals surface area contributed by atoms with Crippen LogP contribution in [0.1, 0.15) is 27.7 Å². The molecule has 0 aromatic carbocycles. The molecule has 4 heteroatoms. The molecule has 12 heavy (non-hydrogen) atoms. The van der Waals surface area contributed by atoms with Gasteiger partial charge in [0, 0.05) is 0 Å². The molecule has 0 atom stereocenters. The minimum absolute atomic E-state index is 0.385. The average Bonchev–Trinajstić information content (AvgIpc) is 1.86. The number of rotatable bonds is 5. The highest BCUT2D eigenvalue weighted by atomic mass is 31.2. The number of hydrogen-bond donors (Lipinski definition) is 0.